The lowest BCUT2D eigenvalue weighted by atomic mass is 10.2. The van der Waals surface area contributed by atoms with Crippen molar-refractivity contribution < 1.29 is 4.79 Å². The molecule has 3 rings (SSSR count). The van der Waals surface area contributed by atoms with Gasteiger partial charge in [-0.3, -0.25) is 4.79 Å². The van der Waals surface area contributed by atoms with Crippen molar-refractivity contribution in [3.8, 4) is 0 Å². The topological polar surface area (TPSA) is 46.4 Å². The fourth-order valence-electron chi connectivity index (χ4n) is 2.52. The molecule has 0 radical (unpaired) electrons. The number of thioether (sulfide) groups is 1. The van der Waals surface area contributed by atoms with Crippen LogP contribution in [-0.4, -0.2) is 27.1 Å². The number of rotatable bonds is 6. The van der Waals surface area contributed by atoms with E-state index in [4.69, 9.17) is 0 Å². The van der Waals surface area contributed by atoms with E-state index in [1.54, 1.807) is 11.8 Å². The summed E-state index contributed by atoms with van der Waals surface area (Å²) in [7, 11) is 0. The van der Waals surface area contributed by atoms with Crippen molar-refractivity contribution in [3.05, 3.63) is 66.1 Å². The third-order valence-corrected chi connectivity index (χ3v) is 4.66. The lowest BCUT2D eigenvalue weighted by Gasteiger charge is -2.11. The number of benzene rings is 1. The van der Waals surface area contributed by atoms with Crippen LogP contribution >= 0.6 is 11.8 Å². The monoisotopic (exact) mass is 339 g/mol. The van der Waals surface area contributed by atoms with Crippen molar-refractivity contribution in [3.63, 3.8) is 0 Å². The zero-order valence-corrected chi connectivity index (χ0v) is 14.7. The van der Waals surface area contributed by atoms with Gasteiger partial charge in [-0.1, -0.05) is 32.0 Å². The minimum atomic E-state index is -0.0254. The highest BCUT2D eigenvalue weighted by molar-refractivity contribution is 8.00. The molecule has 1 N–H and O–H groups in total. The van der Waals surface area contributed by atoms with Gasteiger partial charge in [0.1, 0.15) is 5.65 Å². The molecule has 1 amide bonds. The maximum Gasteiger partial charge on any atom is 0.252 e. The van der Waals surface area contributed by atoms with E-state index in [0.717, 1.165) is 21.8 Å². The number of hydrogen-bond donors (Lipinski definition) is 1. The van der Waals surface area contributed by atoms with E-state index in [2.05, 4.69) is 24.1 Å². The fraction of sp³-hybridized carbons (Fsp3) is 0.263. The van der Waals surface area contributed by atoms with Crippen LogP contribution in [0.1, 0.15) is 29.9 Å². The van der Waals surface area contributed by atoms with E-state index in [1.165, 1.54) is 0 Å². The number of fused-ring (bicyclic) bond motifs is 1. The first kappa shape index (κ1) is 16.6. The molecule has 2 heterocycles. The Balaban J connectivity index is 1.61. The molecule has 5 heteroatoms. The highest BCUT2D eigenvalue weighted by Crippen LogP contribution is 2.26. The van der Waals surface area contributed by atoms with E-state index >= 15 is 0 Å². The molecule has 2 aromatic heterocycles. The highest BCUT2D eigenvalue weighted by Gasteiger charge is 2.12. The minimum absolute atomic E-state index is 0.0254. The molecule has 0 saturated heterocycles. The molecule has 4 nitrogen and oxygen atoms in total. The van der Waals surface area contributed by atoms with Crippen molar-refractivity contribution in [2.24, 2.45) is 0 Å². The van der Waals surface area contributed by atoms with Crippen molar-refractivity contribution in [2.45, 2.75) is 30.4 Å². The van der Waals surface area contributed by atoms with Gasteiger partial charge >= 0.3 is 0 Å². The van der Waals surface area contributed by atoms with Crippen LogP contribution in [0.15, 0.2) is 59.8 Å². The SMILES string of the molecule is CC(C)Sc1ccccc1C(=O)NCCc1cn2ccccc2n1. The molecule has 0 spiro atoms. The number of hydrogen-bond acceptors (Lipinski definition) is 3. The fourth-order valence-corrected chi connectivity index (χ4v) is 3.47. The molecule has 124 valence electrons. The van der Waals surface area contributed by atoms with E-state index in [9.17, 15) is 4.79 Å². The summed E-state index contributed by atoms with van der Waals surface area (Å²) in [5.41, 5.74) is 2.65. The van der Waals surface area contributed by atoms with Gasteiger partial charge in [0.2, 0.25) is 0 Å². The average Bonchev–Trinajstić information content (AvgIpc) is 2.97. The van der Waals surface area contributed by atoms with Crippen LogP contribution in [-0.2, 0) is 6.42 Å². The van der Waals surface area contributed by atoms with E-state index in [1.807, 2.05) is 59.3 Å². The quantitative estimate of drug-likeness (QED) is 0.695. The molecule has 0 atom stereocenters. The van der Waals surface area contributed by atoms with Gasteiger partial charge in [0.15, 0.2) is 0 Å². The summed E-state index contributed by atoms with van der Waals surface area (Å²) in [6.45, 7) is 4.83. The van der Waals surface area contributed by atoms with Crippen LogP contribution in [0.3, 0.4) is 0 Å². The van der Waals surface area contributed by atoms with Crippen molar-refractivity contribution >= 4 is 23.3 Å². The molecule has 0 unspecified atom stereocenters. The number of imidazole rings is 1. The van der Waals surface area contributed by atoms with Gasteiger partial charge < -0.3 is 9.72 Å². The maximum atomic E-state index is 12.5. The van der Waals surface area contributed by atoms with Gasteiger partial charge in [0.05, 0.1) is 11.3 Å². The van der Waals surface area contributed by atoms with Crippen LogP contribution in [0, 0.1) is 0 Å². The van der Waals surface area contributed by atoms with Gasteiger partial charge in [-0.05, 0) is 24.3 Å². The summed E-state index contributed by atoms with van der Waals surface area (Å²) in [5, 5.41) is 3.45. The molecular weight excluding hydrogens is 318 g/mol. The van der Waals surface area contributed by atoms with Crippen molar-refractivity contribution in [2.75, 3.05) is 6.54 Å². The largest absolute Gasteiger partial charge is 0.352 e. The summed E-state index contributed by atoms with van der Waals surface area (Å²) in [6, 6.07) is 13.7. The minimum Gasteiger partial charge on any atom is -0.352 e. The number of aromatic nitrogens is 2. The molecule has 0 aliphatic heterocycles. The molecule has 0 bridgehead atoms. The second kappa shape index (κ2) is 7.53. The first-order chi connectivity index (χ1) is 11.6. The van der Waals surface area contributed by atoms with E-state index < -0.39 is 0 Å². The van der Waals surface area contributed by atoms with Gasteiger partial charge in [0, 0.05) is 35.5 Å². The highest BCUT2D eigenvalue weighted by atomic mass is 32.2. The Hall–Kier alpha value is -2.27. The predicted octanol–water partition coefficient (Wildman–Crippen LogP) is 3.81. The summed E-state index contributed by atoms with van der Waals surface area (Å²) >= 11 is 1.71. The van der Waals surface area contributed by atoms with Crippen LogP contribution in [0.5, 0.6) is 0 Å². The lowest BCUT2D eigenvalue weighted by molar-refractivity contribution is 0.0951. The smallest absolute Gasteiger partial charge is 0.252 e. The Labute approximate surface area is 146 Å². The normalized spacial score (nSPS) is 11.1. The maximum absolute atomic E-state index is 12.5. The third-order valence-electron chi connectivity index (χ3n) is 3.57. The molecule has 3 aromatic rings. The number of carbonyl (C=O) groups excluding carboxylic acids is 1. The Morgan fingerprint density at radius 3 is 2.79 bits per heavy atom. The van der Waals surface area contributed by atoms with Gasteiger partial charge in [-0.15, -0.1) is 11.8 Å². The van der Waals surface area contributed by atoms with Crippen LogP contribution in [0.4, 0.5) is 0 Å². The zero-order chi connectivity index (χ0) is 16.9. The summed E-state index contributed by atoms with van der Waals surface area (Å²) < 4.78 is 1.99. The standard InChI is InChI=1S/C19H21N3OS/c1-14(2)24-17-8-4-3-7-16(17)19(23)20-11-10-15-13-22-12-6-5-9-18(22)21-15/h3-9,12-14H,10-11H2,1-2H3,(H,20,23). The molecule has 0 aliphatic carbocycles. The van der Waals surface area contributed by atoms with Gasteiger partial charge in [0.25, 0.3) is 5.91 Å². The molecule has 1 aromatic carbocycles. The van der Waals surface area contributed by atoms with Crippen LogP contribution < -0.4 is 5.32 Å². The third kappa shape index (κ3) is 3.97. The Kier molecular flexibility index (Phi) is 5.20. The number of nitrogens with one attached hydrogen (secondary N) is 1. The number of amides is 1. The predicted molar refractivity (Wildman–Crippen MR) is 98.7 cm³/mol. The molecule has 0 aliphatic rings. The number of nitrogens with zero attached hydrogens (tertiary/aromatic N) is 2. The summed E-state index contributed by atoms with van der Waals surface area (Å²) in [6.07, 6.45) is 4.70. The second-order valence-corrected chi connectivity index (χ2v) is 7.49. The summed E-state index contributed by atoms with van der Waals surface area (Å²) in [4.78, 5) is 18.0. The van der Waals surface area contributed by atoms with Crippen molar-refractivity contribution in [1.82, 2.24) is 14.7 Å². The Bertz CT molecular complexity index is 808. The Morgan fingerprint density at radius 2 is 2.00 bits per heavy atom. The molecule has 0 saturated carbocycles. The van der Waals surface area contributed by atoms with Crippen LogP contribution in [0.2, 0.25) is 0 Å². The average molecular weight is 339 g/mol. The lowest BCUT2D eigenvalue weighted by Crippen LogP contribution is -2.26. The molecule has 24 heavy (non-hydrogen) atoms. The number of carbonyl (C=O) groups is 1. The number of pyridine rings is 1. The van der Waals surface area contributed by atoms with Gasteiger partial charge in [-0.25, -0.2) is 4.98 Å². The Morgan fingerprint density at radius 1 is 1.21 bits per heavy atom. The van der Waals surface area contributed by atoms with Crippen LogP contribution in [0.25, 0.3) is 5.65 Å². The van der Waals surface area contributed by atoms with Gasteiger partial charge in [-0.2, -0.15) is 0 Å². The summed E-state index contributed by atoms with van der Waals surface area (Å²) in [5.74, 6) is -0.0254. The molecular formula is C19H21N3OS. The first-order valence-corrected chi connectivity index (χ1v) is 8.98. The first-order valence-electron chi connectivity index (χ1n) is 8.10. The molecule has 0 fully saturated rings. The zero-order valence-electron chi connectivity index (χ0n) is 13.9. The van der Waals surface area contributed by atoms with E-state index in [-0.39, 0.29) is 5.91 Å². The van der Waals surface area contributed by atoms with E-state index in [0.29, 0.717) is 18.2 Å². The second-order valence-electron chi connectivity index (χ2n) is 5.87. The van der Waals surface area contributed by atoms with Crippen molar-refractivity contribution in [1.29, 1.82) is 0 Å².